The number of carbonyl (C=O) groups is 1. The standard InChI is InChI=1S/C23H18ClF3N4O3S/c24-14-3-1-12(16(7-14)23(25,26)27)6-15(11-2-4-17-13(5-11)8-28-30-17)20-21(34)29-22(35-20)31-9-18(32)19(33)10-31/h1-5,7-8,18-19,32-33H,6,9-10H2,(H,28,30)/t18-,19-/m1/s1. The number of β-amino-alcohol motifs (C(OH)–C–C–N with tert-alkyl or cyclic N) is 2. The van der Waals surface area contributed by atoms with Crippen LogP contribution in [0.2, 0.25) is 5.02 Å². The molecule has 0 unspecified atom stereocenters. The number of aromatic nitrogens is 2. The van der Waals surface area contributed by atoms with Gasteiger partial charge in [-0.2, -0.15) is 23.3 Å². The van der Waals surface area contributed by atoms with Crippen LogP contribution in [-0.2, 0) is 17.4 Å². The van der Waals surface area contributed by atoms with Crippen molar-refractivity contribution >= 4 is 50.9 Å². The number of nitrogens with zero attached hydrogens (tertiary/aromatic N) is 3. The van der Waals surface area contributed by atoms with E-state index in [4.69, 9.17) is 11.6 Å². The number of halogens is 4. The zero-order valence-electron chi connectivity index (χ0n) is 17.9. The van der Waals surface area contributed by atoms with Gasteiger partial charge in [-0.1, -0.05) is 23.7 Å². The van der Waals surface area contributed by atoms with Crippen LogP contribution in [0.4, 0.5) is 13.2 Å². The second-order valence-electron chi connectivity index (χ2n) is 8.30. The van der Waals surface area contributed by atoms with Crippen molar-refractivity contribution in [1.29, 1.82) is 0 Å². The largest absolute Gasteiger partial charge is 0.416 e. The highest BCUT2D eigenvalue weighted by Crippen LogP contribution is 2.41. The molecule has 0 bridgehead atoms. The second kappa shape index (κ2) is 8.98. The van der Waals surface area contributed by atoms with Crippen molar-refractivity contribution in [1.82, 2.24) is 15.1 Å². The molecular weight excluding hydrogens is 505 g/mol. The van der Waals surface area contributed by atoms with Crippen molar-refractivity contribution in [3.63, 3.8) is 0 Å². The topological polar surface area (TPSA) is 102 Å². The number of allylic oxidation sites excluding steroid dienone is 1. The van der Waals surface area contributed by atoms with Crippen molar-refractivity contribution in [2.45, 2.75) is 24.8 Å². The fraction of sp³-hybridized carbons (Fsp3) is 0.261. The lowest BCUT2D eigenvalue weighted by Gasteiger charge is -2.18. The van der Waals surface area contributed by atoms with Crippen LogP contribution in [0.3, 0.4) is 0 Å². The number of rotatable bonds is 3. The molecule has 7 nitrogen and oxygen atoms in total. The van der Waals surface area contributed by atoms with Crippen LogP contribution in [0.5, 0.6) is 0 Å². The third kappa shape index (κ3) is 4.68. The number of likely N-dealkylation sites (tertiary alicyclic amines) is 1. The number of amidine groups is 1. The van der Waals surface area contributed by atoms with E-state index in [2.05, 4.69) is 15.2 Å². The van der Waals surface area contributed by atoms with Crippen molar-refractivity contribution in [2.75, 3.05) is 13.1 Å². The highest BCUT2D eigenvalue weighted by Gasteiger charge is 2.38. The van der Waals surface area contributed by atoms with Crippen LogP contribution < -0.4 is 0 Å². The molecule has 2 aliphatic heterocycles. The van der Waals surface area contributed by atoms with Crippen LogP contribution in [0, 0.1) is 0 Å². The predicted molar refractivity (Wildman–Crippen MR) is 127 cm³/mol. The third-order valence-corrected chi connectivity index (χ3v) is 7.31. The summed E-state index contributed by atoms with van der Waals surface area (Å²) >= 11 is 6.87. The Balaban J connectivity index is 1.59. The van der Waals surface area contributed by atoms with Gasteiger partial charge in [-0.15, -0.1) is 0 Å². The van der Waals surface area contributed by atoms with Crippen molar-refractivity contribution < 1.29 is 28.2 Å². The third-order valence-electron chi connectivity index (χ3n) is 5.92. The first-order valence-corrected chi connectivity index (χ1v) is 11.7. The van der Waals surface area contributed by atoms with Gasteiger partial charge in [-0.3, -0.25) is 9.89 Å². The van der Waals surface area contributed by atoms with Gasteiger partial charge in [0, 0.05) is 23.5 Å². The van der Waals surface area contributed by atoms with Crippen LogP contribution in [0.15, 0.2) is 52.5 Å². The van der Waals surface area contributed by atoms with Gasteiger partial charge in [-0.05, 0) is 59.1 Å². The van der Waals surface area contributed by atoms with Gasteiger partial charge >= 0.3 is 6.18 Å². The molecule has 0 aliphatic carbocycles. The first-order valence-electron chi connectivity index (χ1n) is 10.5. The molecule has 1 amide bonds. The van der Waals surface area contributed by atoms with Crippen LogP contribution in [-0.4, -0.2) is 61.7 Å². The Bertz CT molecular complexity index is 1380. The smallest absolute Gasteiger partial charge is 0.389 e. The molecule has 1 aromatic heterocycles. The average molecular weight is 523 g/mol. The predicted octanol–water partition coefficient (Wildman–Crippen LogP) is 3.86. The number of nitrogens with one attached hydrogen (secondary N) is 1. The maximum atomic E-state index is 13.8. The van der Waals surface area contributed by atoms with Gasteiger partial charge in [0.2, 0.25) is 0 Å². The average Bonchev–Trinajstić information content (AvgIpc) is 3.51. The van der Waals surface area contributed by atoms with E-state index in [0.29, 0.717) is 11.1 Å². The summed E-state index contributed by atoms with van der Waals surface area (Å²) in [6.45, 7) is 0.193. The molecule has 12 heteroatoms. The second-order valence-corrected chi connectivity index (χ2v) is 9.71. The Hall–Kier alpha value is -2.86. The number of H-pyrrole nitrogens is 1. The fourth-order valence-corrected chi connectivity index (χ4v) is 5.36. The number of aromatic amines is 1. The van der Waals surface area contributed by atoms with E-state index in [9.17, 15) is 28.2 Å². The SMILES string of the molecule is O=C1N=C(N2C[C@@H](O)[C@H](O)C2)SC1=C(Cc1ccc(Cl)cc1C(F)(F)F)c1ccc2[nH]ncc2c1. The van der Waals surface area contributed by atoms with Crippen molar-refractivity contribution in [3.8, 4) is 0 Å². The van der Waals surface area contributed by atoms with Gasteiger partial charge in [0.25, 0.3) is 5.91 Å². The Morgan fingerprint density at radius 3 is 2.63 bits per heavy atom. The van der Waals surface area contributed by atoms with Gasteiger partial charge in [0.05, 0.1) is 34.4 Å². The zero-order chi connectivity index (χ0) is 24.9. The van der Waals surface area contributed by atoms with Crippen molar-refractivity contribution in [3.05, 3.63) is 69.2 Å². The summed E-state index contributed by atoms with van der Waals surface area (Å²) in [5, 5.41) is 27.5. The maximum absolute atomic E-state index is 13.8. The molecule has 5 rings (SSSR count). The van der Waals surface area contributed by atoms with Gasteiger partial charge < -0.3 is 15.1 Å². The quantitative estimate of drug-likeness (QED) is 0.452. The summed E-state index contributed by atoms with van der Waals surface area (Å²) in [6, 6.07) is 8.76. The molecule has 2 aromatic carbocycles. The molecule has 3 aromatic rings. The van der Waals surface area contributed by atoms with Gasteiger partial charge in [-0.25, -0.2) is 0 Å². The van der Waals surface area contributed by atoms with Crippen molar-refractivity contribution in [2.24, 2.45) is 4.99 Å². The molecule has 0 spiro atoms. The molecule has 182 valence electrons. The Morgan fingerprint density at radius 2 is 1.91 bits per heavy atom. The summed E-state index contributed by atoms with van der Waals surface area (Å²) < 4.78 is 41.4. The number of benzene rings is 2. The van der Waals surface area contributed by atoms with Gasteiger partial charge in [0.1, 0.15) is 0 Å². The normalized spacial score (nSPS) is 22.3. The number of alkyl halides is 3. The van der Waals surface area contributed by atoms with E-state index >= 15 is 0 Å². The lowest BCUT2D eigenvalue weighted by molar-refractivity contribution is -0.138. The van der Waals surface area contributed by atoms with Crippen LogP contribution in [0.25, 0.3) is 16.5 Å². The molecule has 0 radical (unpaired) electrons. The molecule has 2 atom stereocenters. The van der Waals surface area contributed by atoms with Gasteiger partial charge in [0.15, 0.2) is 5.17 Å². The number of aliphatic hydroxyl groups is 2. The number of amides is 1. The number of carbonyl (C=O) groups excluding carboxylic acids is 1. The lowest BCUT2D eigenvalue weighted by Crippen LogP contribution is -2.26. The Kier molecular flexibility index (Phi) is 6.12. The molecule has 0 saturated carbocycles. The Morgan fingerprint density at radius 1 is 1.17 bits per heavy atom. The monoisotopic (exact) mass is 522 g/mol. The van der Waals surface area contributed by atoms with Crippen LogP contribution in [0.1, 0.15) is 16.7 Å². The highest BCUT2D eigenvalue weighted by atomic mass is 35.5. The fourth-order valence-electron chi connectivity index (χ4n) is 4.15. The number of aliphatic imine (C=N–C) groups is 1. The van der Waals surface area contributed by atoms with E-state index < -0.39 is 29.9 Å². The molecule has 2 aliphatic rings. The van der Waals surface area contributed by atoms with E-state index in [-0.39, 0.29) is 40.2 Å². The minimum absolute atomic E-state index is 0.0365. The lowest BCUT2D eigenvalue weighted by atomic mass is 9.93. The highest BCUT2D eigenvalue weighted by molar-refractivity contribution is 8.18. The Labute approximate surface area is 206 Å². The summed E-state index contributed by atoms with van der Waals surface area (Å²) in [7, 11) is 0. The number of thioether (sulfide) groups is 1. The summed E-state index contributed by atoms with van der Waals surface area (Å²) in [4.78, 5) is 18.8. The van der Waals surface area contributed by atoms with E-state index in [1.807, 2.05) is 0 Å². The molecular formula is C23H18ClF3N4O3S. The molecule has 3 heterocycles. The summed E-state index contributed by atoms with van der Waals surface area (Å²) in [5.74, 6) is -0.592. The number of hydrogen-bond acceptors (Lipinski definition) is 6. The summed E-state index contributed by atoms with van der Waals surface area (Å²) in [5.41, 5.74) is 0.745. The minimum Gasteiger partial charge on any atom is -0.389 e. The molecule has 3 N–H and O–H groups in total. The number of aliphatic hydroxyl groups excluding tert-OH is 2. The molecule has 1 saturated heterocycles. The first-order chi connectivity index (χ1) is 16.6. The van der Waals surface area contributed by atoms with Crippen LogP contribution >= 0.6 is 23.4 Å². The number of fused-ring (bicyclic) bond motifs is 1. The molecule has 1 fully saturated rings. The zero-order valence-corrected chi connectivity index (χ0v) is 19.5. The van der Waals surface area contributed by atoms with E-state index in [0.717, 1.165) is 28.7 Å². The molecule has 35 heavy (non-hydrogen) atoms. The van der Waals surface area contributed by atoms with E-state index in [1.165, 1.54) is 12.1 Å². The minimum atomic E-state index is -4.64. The first kappa shape index (κ1) is 23.9. The summed E-state index contributed by atoms with van der Waals surface area (Å²) in [6.07, 6.45) is -5.21. The maximum Gasteiger partial charge on any atom is 0.416 e. The number of hydrogen-bond donors (Lipinski definition) is 3. The van der Waals surface area contributed by atoms with E-state index in [1.54, 1.807) is 29.3 Å².